The lowest BCUT2D eigenvalue weighted by atomic mass is 9.88. The zero-order valence-electron chi connectivity index (χ0n) is 7.91. The van der Waals surface area contributed by atoms with Gasteiger partial charge < -0.3 is 21.0 Å². The normalized spacial score (nSPS) is 14.2. The standard InChI is InChI=1S/C7H15N3O3S/c1-7(4-11,2-5(12)13)3-9-6(14)10-8/h11H,2-4,8H2,1H3,(H,12,13)(H2,9,10,14). The van der Waals surface area contributed by atoms with Gasteiger partial charge in [-0.1, -0.05) is 6.92 Å². The van der Waals surface area contributed by atoms with Crippen molar-refractivity contribution in [3.05, 3.63) is 0 Å². The molecule has 0 saturated heterocycles. The molecule has 0 heterocycles. The summed E-state index contributed by atoms with van der Waals surface area (Å²) in [6, 6.07) is 0. The molecule has 0 aliphatic carbocycles. The highest BCUT2D eigenvalue weighted by atomic mass is 32.1. The highest BCUT2D eigenvalue weighted by Gasteiger charge is 2.26. The maximum Gasteiger partial charge on any atom is 0.304 e. The Kier molecular flexibility index (Phi) is 5.36. The fourth-order valence-electron chi connectivity index (χ4n) is 0.884. The van der Waals surface area contributed by atoms with Crippen LogP contribution in [0.1, 0.15) is 13.3 Å². The number of carboxylic acids is 1. The van der Waals surface area contributed by atoms with Crippen molar-refractivity contribution in [1.29, 1.82) is 0 Å². The number of aliphatic carboxylic acids is 1. The molecule has 7 heteroatoms. The van der Waals surface area contributed by atoms with E-state index in [9.17, 15) is 4.79 Å². The predicted octanol–water partition coefficient (Wildman–Crippen LogP) is -1.20. The van der Waals surface area contributed by atoms with Crippen LogP contribution in [0.2, 0.25) is 0 Å². The lowest BCUT2D eigenvalue weighted by Gasteiger charge is -2.25. The van der Waals surface area contributed by atoms with Gasteiger partial charge in [-0.25, -0.2) is 5.84 Å². The summed E-state index contributed by atoms with van der Waals surface area (Å²) < 4.78 is 0. The summed E-state index contributed by atoms with van der Waals surface area (Å²) in [5, 5.41) is 20.5. The first-order valence-electron chi connectivity index (χ1n) is 4.00. The third kappa shape index (κ3) is 4.95. The average molecular weight is 221 g/mol. The second-order valence-electron chi connectivity index (χ2n) is 3.37. The largest absolute Gasteiger partial charge is 0.481 e. The molecule has 0 saturated carbocycles. The Bertz CT molecular complexity index is 224. The van der Waals surface area contributed by atoms with Crippen LogP contribution in [0, 0.1) is 5.41 Å². The molecule has 0 radical (unpaired) electrons. The number of aliphatic hydroxyl groups is 1. The molecule has 0 spiro atoms. The van der Waals surface area contributed by atoms with Crippen LogP contribution in [-0.4, -0.2) is 34.4 Å². The molecular formula is C7H15N3O3S. The lowest BCUT2D eigenvalue weighted by molar-refractivity contribution is -0.140. The van der Waals surface area contributed by atoms with Gasteiger partial charge in [-0.2, -0.15) is 0 Å². The number of hydrogen-bond acceptors (Lipinski definition) is 4. The van der Waals surface area contributed by atoms with Crippen LogP contribution in [0.4, 0.5) is 0 Å². The van der Waals surface area contributed by atoms with Gasteiger partial charge in [0, 0.05) is 12.0 Å². The number of nitrogens with one attached hydrogen (secondary N) is 2. The number of nitrogens with two attached hydrogens (primary N) is 1. The molecule has 6 nitrogen and oxygen atoms in total. The van der Waals surface area contributed by atoms with E-state index in [4.69, 9.17) is 28.3 Å². The Morgan fingerprint density at radius 3 is 2.57 bits per heavy atom. The summed E-state index contributed by atoms with van der Waals surface area (Å²) in [5.41, 5.74) is 1.46. The summed E-state index contributed by atoms with van der Waals surface area (Å²) >= 11 is 4.71. The number of carboxylic acid groups (broad SMARTS) is 1. The Morgan fingerprint density at radius 2 is 2.21 bits per heavy atom. The first kappa shape index (κ1) is 13.1. The Balaban J connectivity index is 4.11. The van der Waals surface area contributed by atoms with Crippen molar-refractivity contribution in [3.8, 4) is 0 Å². The van der Waals surface area contributed by atoms with E-state index in [1.807, 2.05) is 0 Å². The first-order valence-corrected chi connectivity index (χ1v) is 4.41. The summed E-state index contributed by atoms with van der Waals surface area (Å²) in [4.78, 5) is 10.5. The number of hydrazine groups is 1. The van der Waals surface area contributed by atoms with Crippen molar-refractivity contribution in [2.24, 2.45) is 11.3 Å². The number of rotatable bonds is 5. The Labute approximate surface area is 87.4 Å². The van der Waals surface area contributed by atoms with Crippen LogP contribution < -0.4 is 16.6 Å². The molecule has 1 unspecified atom stereocenters. The van der Waals surface area contributed by atoms with Gasteiger partial charge in [0.1, 0.15) is 0 Å². The molecule has 0 fully saturated rings. The summed E-state index contributed by atoms with van der Waals surface area (Å²) in [6.07, 6.45) is -0.135. The van der Waals surface area contributed by atoms with Crippen molar-refractivity contribution in [1.82, 2.24) is 10.7 Å². The molecule has 6 N–H and O–H groups in total. The molecule has 14 heavy (non-hydrogen) atoms. The van der Waals surface area contributed by atoms with E-state index in [0.29, 0.717) is 0 Å². The van der Waals surface area contributed by atoms with E-state index < -0.39 is 11.4 Å². The van der Waals surface area contributed by atoms with Crippen molar-refractivity contribution < 1.29 is 15.0 Å². The smallest absolute Gasteiger partial charge is 0.304 e. The maximum atomic E-state index is 10.5. The van der Waals surface area contributed by atoms with Gasteiger partial charge >= 0.3 is 5.97 Å². The Morgan fingerprint density at radius 1 is 1.64 bits per heavy atom. The fourth-order valence-corrected chi connectivity index (χ4v) is 0.956. The van der Waals surface area contributed by atoms with Gasteiger partial charge in [-0.3, -0.25) is 4.79 Å². The van der Waals surface area contributed by atoms with Crippen molar-refractivity contribution >= 4 is 23.3 Å². The molecule has 0 aliphatic heterocycles. The van der Waals surface area contributed by atoms with Crippen LogP contribution >= 0.6 is 12.2 Å². The van der Waals surface area contributed by atoms with E-state index in [2.05, 4.69) is 10.7 Å². The Hall–Kier alpha value is -0.920. The van der Waals surface area contributed by atoms with Gasteiger partial charge in [0.15, 0.2) is 5.11 Å². The van der Waals surface area contributed by atoms with E-state index in [1.54, 1.807) is 6.92 Å². The third-order valence-electron chi connectivity index (χ3n) is 1.77. The van der Waals surface area contributed by atoms with E-state index in [0.717, 1.165) is 0 Å². The van der Waals surface area contributed by atoms with Gasteiger partial charge in [0.25, 0.3) is 0 Å². The molecule has 82 valence electrons. The topological polar surface area (TPSA) is 108 Å². The third-order valence-corrected chi connectivity index (χ3v) is 2.03. The zero-order valence-corrected chi connectivity index (χ0v) is 8.73. The highest BCUT2D eigenvalue weighted by molar-refractivity contribution is 7.80. The summed E-state index contributed by atoms with van der Waals surface area (Å²) in [7, 11) is 0. The SMILES string of the molecule is CC(CO)(CNC(=S)NN)CC(=O)O. The molecule has 0 aliphatic rings. The molecule has 0 aromatic heterocycles. The van der Waals surface area contributed by atoms with Crippen LogP contribution in [0.5, 0.6) is 0 Å². The molecule has 0 bridgehead atoms. The number of hydrogen-bond donors (Lipinski definition) is 5. The van der Waals surface area contributed by atoms with Gasteiger partial charge in [0.2, 0.25) is 0 Å². The quantitative estimate of drug-likeness (QED) is 0.225. The van der Waals surface area contributed by atoms with Crippen LogP contribution in [-0.2, 0) is 4.79 Å². The van der Waals surface area contributed by atoms with Crippen LogP contribution in [0.15, 0.2) is 0 Å². The van der Waals surface area contributed by atoms with Crippen LogP contribution in [0.3, 0.4) is 0 Å². The molecule has 0 aromatic carbocycles. The van der Waals surface area contributed by atoms with E-state index in [-0.39, 0.29) is 24.7 Å². The second-order valence-corrected chi connectivity index (χ2v) is 3.77. The number of carbonyl (C=O) groups is 1. The van der Waals surface area contributed by atoms with Crippen molar-refractivity contribution in [2.45, 2.75) is 13.3 Å². The molecule has 1 atom stereocenters. The lowest BCUT2D eigenvalue weighted by Crippen LogP contribution is -2.45. The zero-order chi connectivity index (χ0) is 11.2. The summed E-state index contributed by atoms with van der Waals surface area (Å²) in [6.45, 7) is 1.66. The number of aliphatic hydroxyl groups excluding tert-OH is 1. The van der Waals surface area contributed by atoms with Gasteiger partial charge in [-0.15, -0.1) is 0 Å². The van der Waals surface area contributed by atoms with Crippen molar-refractivity contribution in [3.63, 3.8) is 0 Å². The molecular weight excluding hydrogens is 206 g/mol. The second kappa shape index (κ2) is 5.74. The highest BCUT2D eigenvalue weighted by Crippen LogP contribution is 2.18. The molecule has 0 rings (SSSR count). The number of thiocarbonyl (C=S) groups is 1. The first-order chi connectivity index (χ1) is 6.43. The monoisotopic (exact) mass is 221 g/mol. The van der Waals surface area contributed by atoms with Gasteiger partial charge in [-0.05, 0) is 12.2 Å². The average Bonchev–Trinajstić information content (AvgIpc) is 2.13. The molecule has 0 amide bonds. The minimum Gasteiger partial charge on any atom is -0.481 e. The van der Waals surface area contributed by atoms with Crippen LogP contribution in [0.25, 0.3) is 0 Å². The fraction of sp³-hybridized carbons (Fsp3) is 0.714. The minimum atomic E-state index is -0.963. The van der Waals surface area contributed by atoms with Crippen molar-refractivity contribution in [2.75, 3.05) is 13.2 Å². The maximum absolute atomic E-state index is 10.5. The van der Waals surface area contributed by atoms with E-state index >= 15 is 0 Å². The van der Waals surface area contributed by atoms with Gasteiger partial charge in [0.05, 0.1) is 13.0 Å². The summed E-state index contributed by atoms with van der Waals surface area (Å²) in [5.74, 6) is 4.05. The molecule has 0 aromatic rings. The van der Waals surface area contributed by atoms with E-state index in [1.165, 1.54) is 0 Å². The predicted molar refractivity (Wildman–Crippen MR) is 55.4 cm³/mol. The minimum absolute atomic E-state index is 0.135.